The lowest BCUT2D eigenvalue weighted by Gasteiger charge is -2.22. The van der Waals surface area contributed by atoms with Crippen LogP contribution in [0, 0.1) is 6.92 Å². The molecular formula is C18H29N3O. The minimum absolute atomic E-state index is 0.0964. The zero-order valence-electron chi connectivity index (χ0n) is 14.1. The fraction of sp³-hybridized carbons (Fsp3) is 0.611. The number of aryl methyl sites for hydroxylation is 1. The first-order valence-corrected chi connectivity index (χ1v) is 8.52. The highest BCUT2D eigenvalue weighted by Gasteiger charge is 2.16. The zero-order chi connectivity index (χ0) is 15.9. The van der Waals surface area contributed by atoms with Gasteiger partial charge in [0.2, 0.25) is 5.91 Å². The van der Waals surface area contributed by atoms with E-state index in [2.05, 4.69) is 54.5 Å². The summed E-state index contributed by atoms with van der Waals surface area (Å²) >= 11 is 0. The highest BCUT2D eigenvalue weighted by molar-refractivity contribution is 5.81. The van der Waals surface area contributed by atoms with E-state index in [9.17, 15) is 4.79 Å². The van der Waals surface area contributed by atoms with E-state index in [1.165, 1.54) is 24.1 Å². The minimum Gasteiger partial charge on any atom is -0.376 e. The Bertz CT molecular complexity index is 491. The van der Waals surface area contributed by atoms with Crippen molar-refractivity contribution in [3.8, 4) is 0 Å². The first-order chi connectivity index (χ1) is 10.6. The lowest BCUT2D eigenvalue weighted by molar-refractivity contribution is -0.120. The van der Waals surface area contributed by atoms with Crippen LogP contribution >= 0.6 is 0 Å². The molecule has 1 aromatic carbocycles. The molecular weight excluding hydrogens is 274 g/mol. The van der Waals surface area contributed by atoms with Gasteiger partial charge in [0.25, 0.3) is 0 Å². The van der Waals surface area contributed by atoms with E-state index < -0.39 is 0 Å². The normalized spacial score (nSPS) is 14.9. The standard InChI is InChI=1S/C18H29N3O/c1-4-21(5-2)16-10-11-17(14(3)12-16)19-13-18(22)20-15-8-6-7-9-15/h10-12,15,19H,4-9,13H2,1-3H3,(H,20,22). The molecule has 0 spiro atoms. The second kappa shape index (κ2) is 8.06. The van der Waals surface area contributed by atoms with Crippen molar-refractivity contribution in [2.24, 2.45) is 0 Å². The summed E-state index contributed by atoms with van der Waals surface area (Å²) in [5.74, 6) is 0.0964. The number of benzene rings is 1. The monoisotopic (exact) mass is 303 g/mol. The van der Waals surface area contributed by atoms with Gasteiger partial charge in [0.1, 0.15) is 0 Å². The van der Waals surface area contributed by atoms with Gasteiger partial charge in [-0.2, -0.15) is 0 Å². The Morgan fingerprint density at radius 1 is 1.23 bits per heavy atom. The van der Waals surface area contributed by atoms with Crippen LogP contribution in [0.3, 0.4) is 0 Å². The van der Waals surface area contributed by atoms with Gasteiger partial charge in [0, 0.05) is 30.5 Å². The molecule has 0 unspecified atom stereocenters. The van der Waals surface area contributed by atoms with Crippen molar-refractivity contribution in [2.75, 3.05) is 29.9 Å². The molecule has 122 valence electrons. The molecule has 0 aromatic heterocycles. The second-order valence-electron chi connectivity index (χ2n) is 6.07. The summed E-state index contributed by atoms with van der Waals surface area (Å²) in [5.41, 5.74) is 3.46. The molecule has 1 aromatic rings. The van der Waals surface area contributed by atoms with Crippen LogP contribution in [0.1, 0.15) is 45.1 Å². The summed E-state index contributed by atoms with van der Waals surface area (Å²) in [6.45, 7) is 8.78. The summed E-state index contributed by atoms with van der Waals surface area (Å²) in [5, 5.41) is 6.37. The van der Waals surface area contributed by atoms with Crippen molar-refractivity contribution >= 4 is 17.3 Å². The van der Waals surface area contributed by atoms with Gasteiger partial charge in [0.15, 0.2) is 0 Å². The molecule has 1 aliphatic carbocycles. The van der Waals surface area contributed by atoms with Crippen LogP contribution < -0.4 is 15.5 Å². The van der Waals surface area contributed by atoms with Gasteiger partial charge in [-0.15, -0.1) is 0 Å². The molecule has 2 N–H and O–H groups in total. The molecule has 22 heavy (non-hydrogen) atoms. The van der Waals surface area contributed by atoms with Crippen LogP contribution in [-0.2, 0) is 4.79 Å². The maximum Gasteiger partial charge on any atom is 0.239 e. The van der Waals surface area contributed by atoms with Gasteiger partial charge in [-0.05, 0) is 57.4 Å². The molecule has 1 amide bonds. The minimum atomic E-state index is 0.0964. The van der Waals surface area contributed by atoms with Crippen LogP contribution in [0.15, 0.2) is 18.2 Å². The molecule has 1 fully saturated rings. The van der Waals surface area contributed by atoms with Crippen molar-refractivity contribution in [1.82, 2.24) is 5.32 Å². The number of nitrogens with zero attached hydrogens (tertiary/aromatic N) is 1. The van der Waals surface area contributed by atoms with E-state index in [-0.39, 0.29) is 5.91 Å². The van der Waals surface area contributed by atoms with E-state index >= 15 is 0 Å². The molecule has 0 bridgehead atoms. The van der Waals surface area contributed by atoms with Crippen molar-refractivity contribution in [3.63, 3.8) is 0 Å². The number of hydrogen-bond donors (Lipinski definition) is 2. The topological polar surface area (TPSA) is 44.4 Å². The Morgan fingerprint density at radius 3 is 2.50 bits per heavy atom. The first-order valence-electron chi connectivity index (χ1n) is 8.52. The summed E-state index contributed by atoms with van der Waals surface area (Å²) in [4.78, 5) is 14.3. The number of nitrogens with one attached hydrogen (secondary N) is 2. The number of amides is 1. The third-order valence-corrected chi connectivity index (χ3v) is 4.50. The van der Waals surface area contributed by atoms with Gasteiger partial charge >= 0.3 is 0 Å². The van der Waals surface area contributed by atoms with Crippen molar-refractivity contribution in [1.29, 1.82) is 0 Å². The van der Waals surface area contributed by atoms with Crippen LogP contribution in [0.25, 0.3) is 0 Å². The lowest BCUT2D eigenvalue weighted by atomic mass is 10.1. The predicted octanol–water partition coefficient (Wildman–Crippen LogP) is 3.31. The third kappa shape index (κ3) is 4.39. The molecule has 0 radical (unpaired) electrons. The summed E-state index contributed by atoms with van der Waals surface area (Å²) in [7, 11) is 0. The van der Waals surface area contributed by atoms with Gasteiger partial charge < -0.3 is 15.5 Å². The van der Waals surface area contributed by atoms with Crippen LogP contribution in [0.5, 0.6) is 0 Å². The largest absolute Gasteiger partial charge is 0.376 e. The van der Waals surface area contributed by atoms with Crippen LogP contribution in [0.2, 0.25) is 0 Å². The number of carbonyl (C=O) groups is 1. The van der Waals surface area contributed by atoms with Gasteiger partial charge in [-0.1, -0.05) is 12.8 Å². The van der Waals surface area contributed by atoms with Crippen molar-refractivity contribution in [3.05, 3.63) is 23.8 Å². The van der Waals surface area contributed by atoms with E-state index in [4.69, 9.17) is 0 Å². The Kier molecular flexibility index (Phi) is 6.10. The molecule has 0 saturated heterocycles. The molecule has 0 aliphatic heterocycles. The van der Waals surface area contributed by atoms with Gasteiger partial charge in [0.05, 0.1) is 6.54 Å². The molecule has 1 saturated carbocycles. The maximum absolute atomic E-state index is 12.0. The van der Waals surface area contributed by atoms with Crippen molar-refractivity contribution in [2.45, 2.75) is 52.5 Å². The summed E-state index contributed by atoms with van der Waals surface area (Å²) in [6.07, 6.45) is 4.74. The molecule has 1 aliphatic rings. The Balaban J connectivity index is 1.88. The zero-order valence-corrected chi connectivity index (χ0v) is 14.1. The number of hydrogen-bond acceptors (Lipinski definition) is 3. The Hall–Kier alpha value is -1.71. The van der Waals surface area contributed by atoms with Gasteiger partial charge in [-0.3, -0.25) is 4.79 Å². The maximum atomic E-state index is 12.0. The Labute approximate surface area is 134 Å². The SMILES string of the molecule is CCN(CC)c1ccc(NCC(=O)NC2CCCC2)c(C)c1. The quantitative estimate of drug-likeness (QED) is 0.812. The van der Waals surface area contributed by atoms with Crippen LogP contribution in [0.4, 0.5) is 11.4 Å². The van der Waals surface area contributed by atoms with Gasteiger partial charge in [-0.25, -0.2) is 0 Å². The predicted molar refractivity (Wildman–Crippen MR) is 93.6 cm³/mol. The van der Waals surface area contributed by atoms with Crippen molar-refractivity contribution < 1.29 is 4.79 Å². The molecule has 0 atom stereocenters. The number of anilines is 2. The molecule has 0 heterocycles. The summed E-state index contributed by atoms with van der Waals surface area (Å²) < 4.78 is 0. The fourth-order valence-electron chi connectivity index (χ4n) is 3.16. The number of carbonyl (C=O) groups excluding carboxylic acids is 1. The average Bonchev–Trinajstić information content (AvgIpc) is 3.00. The van der Waals surface area contributed by atoms with E-state index in [0.29, 0.717) is 12.6 Å². The lowest BCUT2D eigenvalue weighted by Crippen LogP contribution is -2.36. The fourth-order valence-corrected chi connectivity index (χ4v) is 3.16. The van der Waals surface area contributed by atoms with E-state index in [1.807, 2.05) is 0 Å². The van der Waals surface area contributed by atoms with E-state index in [0.717, 1.165) is 31.6 Å². The molecule has 4 heteroatoms. The highest BCUT2D eigenvalue weighted by atomic mass is 16.1. The smallest absolute Gasteiger partial charge is 0.239 e. The summed E-state index contributed by atoms with van der Waals surface area (Å²) in [6, 6.07) is 6.77. The number of rotatable bonds is 7. The van der Waals surface area contributed by atoms with Crippen LogP contribution in [-0.4, -0.2) is 31.6 Å². The third-order valence-electron chi connectivity index (χ3n) is 4.50. The first kappa shape index (κ1) is 16.7. The molecule has 4 nitrogen and oxygen atoms in total. The average molecular weight is 303 g/mol. The second-order valence-corrected chi connectivity index (χ2v) is 6.07. The van der Waals surface area contributed by atoms with E-state index in [1.54, 1.807) is 0 Å². The Morgan fingerprint density at radius 2 is 1.91 bits per heavy atom. The molecule has 2 rings (SSSR count). The highest BCUT2D eigenvalue weighted by Crippen LogP contribution is 2.22.